The molecule has 1 aromatic heterocycles. The van der Waals surface area contributed by atoms with Crippen molar-refractivity contribution in [2.75, 3.05) is 5.32 Å². The number of anilines is 1. The smallest absolute Gasteiger partial charge is 0.257 e. The van der Waals surface area contributed by atoms with Crippen molar-refractivity contribution >= 4 is 34.0 Å². The Kier molecular flexibility index (Phi) is 3.53. The standard InChI is InChI=1S/C14H13ClN2OS/c15-8-9-4-6-10(7-5-9)13(18)17-14-16-11-2-1-3-12(11)19-14/h4-7H,1-3,8H2,(H,16,17,18). The number of amides is 1. The van der Waals surface area contributed by atoms with Crippen LogP contribution in [0, 0.1) is 0 Å². The largest absolute Gasteiger partial charge is 0.298 e. The molecule has 3 rings (SSSR count). The number of benzene rings is 1. The second kappa shape index (κ2) is 5.31. The van der Waals surface area contributed by atoms with E-state index < -0.39 is 0 Å². The third kappa shape index (κ3) is 2.65. The number of aryl methyl sites for hydroxylation is 2. The van der Waals surface area contributed by atoms with Crippen LogP contribution in [0.5, 0.6) is 0 Å². The quantitative estimate of drug-likeness (QED) is 0.878. The van der Waals surface area contributed by atoms with Gasteiger partial charge in [-0.15, -0.1) is 22.9 Å². The highest BCUT2D eigenvalue weighted by atomic mass is 35.5. The van der Waals surface area contributed by atoms with Crippen LogP contribution in [-0.2, 0) is 18.7 Å². The van der Waals surface area contributed by atoms with Gasteiger partial charge in [0.1, 0.15) is 0 Å². The molecule has 5 heteroatoms. The number of halogens is 1. The lowest BCUT2D eigenvalue weighted by atomic mass is 10.1. The van der Waals surface area contributed by atoms with E-state index in [1.807, 2.05) is 12.1 Å². The summed E-state index contributed by atoms with van der Waals surface area (Å²) in [6, 6.07) is 7.30. The van der Waals surface area contributed by atoms with Crippen molar-refractivity contribution in [1.29, 1.82) is 0 Å². The van der Waals surface area contributed by atoms with Gasteiger partial charge >= 0.3 is 0 Å². The van der Waals surface area contributed by atoms with E-state index in [1.165, 1.54) is 11.3 Å². The number of alkyl halides is 1. The van der Waals surface area contributed by atoms with Gasteiger partial charge in [-0.2, -0.15) is 0 Å². The molecule has 0 saturated heterocycles. The van der Waals surface area contributed by atoms with Crippen LogP contribution in [0.4, 0.5) is 5.13 Å². The number of nitrogens with one attached hydrogen (secondary N) is 1. The minimum absolute atomic E-state index is 0.117. The summed E-state index contributed by atoms with van der Waals surface area (Å²) in [6.07, 6.45) is 3.31. The molecule has 1 N–H and O–H groups in total. The van der Waals surface area contributed by atoms with E-state index >= 15 is 0 Å². The number of aromatic nitrogens is 1. The lowest BCUT2D eigenvalue weighted by Gasteiger charge is -2.02. The molecule has 2 aromatic rings. The average molecular weight is 293 g/mol. The van der Waals surface area contributed by atoms with Gasteiger partial charge in [-0.1, -0.05) is 12.1 Å². The Balaban J connectivity index is 1.72. The minimum Gasteiger partial charge on any atom is -0.298 e. The normalized spacial score (nSPS) is 13.3. The number of thiazole rings is 1. The van der Waals surface area contributed by atoms with Crippen molar-refractivity contribution in [3.63, 3.8) is 0 Å². The summed E-state index contributed by atoms with van der Waals surface area (Å²) in [6.45, 7) is 0. The molecular formula is C14H13ClN2OS. The summed E-state index contributed by atoms with van der Waals surface area (Å²) in [5, 5.41) is 3.57. The second-order valence-electron chi connectivity index (χ2n) is 4.53. The van der Waals surface area contributed by atoms with Crippen LogP contribution in [0.3, 0.4) is 0 Å². The van der Waals surface area contributed by atoms with E-state index in [2.05, 4.69) is 10.3 Å². The summed E-state index contributed by atoms with van der Waals surface area (Å²) >= 11 is 7.31. The van der Waals surface area contributed by atoms with Crippen molar-refractivity contribution in [1.82, 2.24) is 4.98 Å². The minimum atomic E-state index is -0.117. The van der Waals surface area contributed by atoms with Crippen molar-refractivity contribution in [3.05, 3.63) is 46.0 Å². The van der Waals surface area contributed by atoms with Crippen LogP contribution >= 0.6 is 22.9 Å². The third-order valence-electron chi connectivity index (χ3n) is 3.19. The fourth-order valence-corrected chi connectivity index (χ4v) is 3.38. The molecular weight excluding hydrogens is 280 g/mol. The van der Waals surface area contributed by atoms with Crippen LogP contribution in [0.2, 0.25) is 0 Å². The van der Waals surface area contributed by atoms with Crippen molar-refractivity contribution in [2.24, 2.45) is 0 Å². The maximum Gasteiger partial charge on any atom is 0.257 e. The first-order valence-corrected chi connectivity index (χ1v) is 7.56. The number of hydrogen-bond donors (Lipinski definition) is 1. The monoisotopic (exact) mass is 292 g/mol. The van der Waals surface area contributed by atoms with Crippen LogP contribution in [0.15, 0.2) is 24.3 Å². The second-order valence-corrected chi connectivity index (χ2v) is 5.88. The molecule has 0 radical (unpaired) electrons. The molecule has 0 unspecified atom stereocenters. The topological polar surface area (TPSA) is 42.0 Å². The summed E-state index contributed by atoms with van der Waals surface area (Å²) in [5.74, 6) is 0.342. The first kappa shape index (κ1) is 12.6. The molecule has 0 fully saturated rings. The van der Waals surface area contributed by atoms with E-state index in [4.69, 9.17) is 11.6 Å². The van der Waals surface area contributed by atoms with E-state index in [0.717, 1.165) is 24.1 Å². The Morgan fingerprint density at radius 3 is 2.79 bits per heavy atom. The van der Waals surface area contributed by atoms with Crippen molar-refractivity contribution in [3.8, 4) is 0 Å². The van der Waals surface area contributed by atoms with Gasteiger partial charge in [0.05, 0.1) is 5.69 Å². The lowest BCUT2D eigenvalue weighted by molar-refractivity contribution is 0.102. The van der Waals surface area contributed by atoms with Crippen LogP contribution in [-0.4, -0.2) is 10.9 Å². The van der Waals surface area contributed by atoms with Gasteiger partial charge in [-0.3, -0.25) is 10.1 Å². The van der Waals surface area contributed by atoms with Gasteiger partial charge in [-0.05, 0) is 37.0 Å². The number of rotatable bonds is 3. The molecule has 0 spiro atoms. The third-order valence-corrected chi connectivity index (χ3v) is 4.57. The maximum absolute atomic E-state index is 12.1. The van der Waals surface area contributed by atoms with E-state index in [-0.39, 0.29) is 5.91 Å². The van der Waals surface area contributed by atoms with Gasteiger partial charge in [0, 0.05) is 16.3 Å². The molecule has 1 aromatic carbocycles. The number of fused-ring (bicyclic) bond motifs is 1. The average Bonchev–Trinajstić information content (AvgIpc) is 2.99. The van der Waals surface area contributed by atoms with Gasteiger partial charge in [0.2, 0.25) is 0 Å². The molecule has 0 aliphatic heterocycles. The molecule has 0 atom stereocenters. The van der Waals surface area contributed by atoms with Crippen LogP contribution in [0.25, 0.3) is 0 Å². The Bertz CT molecular complexity index is 585. The lowest BCUT2D eigenvalue weighted by Crippen LogP contribution is -2.11. The maximum atomic E-state index is 12.1. The predicted molar refractivity (Wildman–Crippen MR) is 78.1 cm³/mol. The fourth-order valence-electron chi connectivity index (χ4n) is 2.16. The van der Waals surface area contributed by atoms with Crippen molar-refractivity contribution in [2.45, 2.75) is 25.1 Å². The predicted octanol–water partition coefficient (Wildman–Crippen LogP) is 3.62. The Morgan fingerprint density at radius 2 is 2.11 bits per heavy atom. The van der Waals surface area contributed by atoms with E-state index in [1.54, 1.807) is 23.5 Å². The molecule has 1 amide bonds. The number of nitrogens with zero attached hydrogens (tertiary/aromatic N) is 1. The summed E-state index contributed by atoms with van der Waals surface area (Å²) < 4.78 is 0. The zero-order valence-corrected chi connectivity index (χ0v) is 11.9. The highest BCUT2D eigenvalue weighted by Crippen LogP contribution is 2.30. The molecule has 1 aliphatic carbocycles. The molecule has 1 aliphatic rings. The SMILES string of the molecule is O=C(Nc1nc2c(s1)CCC2)c1ccc(CCl)cc1. The molecule has 98 valence electrons. The van der Waals surface area contributed by atoms with Crippen molar-refractivity contribution < 1.29 is 4.79 Å². The Hall–Kier alpha value is -1.39. The van der Waals surface area contributed by atoms with Gasteiger partial charge in [0.25, 0.3) is 5.91 Å². The van der Waals surface area contributed by atoms with Crippen LogP contribution < -0.4 is 5.32 Å². The summed E-state index contributed by atoms with van der Waals surface area (Å²) in [4.78, 5) is 17.8. The van der Waals surface area contributed by atoms with E-state index in [9.17, 15) is 4.79 Å². The fraction of sp³-hybridized carbons (Fsp3) is 0.286. The highest BCUT2D eigenvalue weighted by molar-refractivity contribution is 7.15. The molecule has 3 nitrogen and oxygen atoms in total. The Morgan fingerprint density at radius 1 is 1.32 bits per heavy atom. The summed E-state index contributed by atoms with van der Waals surface area (Å²) in [5.41, 5.74) is 2.79. The number of carbonyl (C=O) groups is 1. The highest BCUT2D eigenvalue weighted by Gasteiger charge is 2.18. The zero-order valence-electron chi connectivity index (χ0n) is 10.3. The molecule has 0 bridgehead atoms. The van der Waals surface area contributed by atoms with Crippen LogP contribution in [0.1, 0.15) is 32.9 Å². The number of carbonyl (C=O) groups excluding carboxylic acids is 1. The molecule has 0 saturated carbocycles. The number of hydrogen-bond acceptors (Lipinski definition) is 3. The first-order valence-electron chi connectivity index (χ1n) is 6.21. The molecule has 1 heterocycles. The zero-order chi connectivity index (χ0) is 13.2. The van der Waals surface area contributed by atoms with Gasteiger partial charge in [0.15, 0.2) is 5.13 Å². The van der Waals surface area contributed by atoms with E-state index in [0.29, 0.717) is 16.6 Å². The molecule has 19 heavy (non-hydrogen) atoms. The Labute approximate surface area is 120 Å². The van der Waals surface area contributed by atoms with Gasteiger partial charge in [-0.25, -0.2) is 4.98 Å². The van der Waals surface area contributed by atoms with Gasteiger partial charge < -0.3 is 0 Å². The summed E-state index contributed by atoms with van der Waals surface area (Å²) in [7, 11) is 0. The first-order chi connectivity index (χ1) is 9.26.